The maximum absolute atomic E-state index is 11.4. The van der Waals surface area contributed by atoms with E-state index in [0.717, 1.165) is 0 Å². The minimum absolute atomic E-state index is 0.130. The third-order valence-corrected chi connectivity index (χ3v) is 1.95. The molecular weight excluding hydrogens is 170 g/mol. The van der Waals surface area contributed by atoms with E-state index in [1.54, 1.807) is 0 Å². The normalized spacial score (nSPS) is 20.8. The van der Waals surface area contributed by atoms with Crippen molar-refractivity contribution in [3.05, 3.63) is 23.9 Å². The number of hydrogen-bond donors (Lipinski definition) is 3. The second-order valence-corrected chi connectivity index (χ2v) is 2.77. The summed E-state index contributed by atoms with van der Waals surface area (Å²) in [6.45, 7) is 3.41. The first kappa shape index (κ1) is 9.63. The molecule has 1 aliphatic carbocycles. The molecule has 0 radical (unpaired) electrons. The van der Waals surface area contributed by atoms with Gasteiger partial charge in [0.15, 0.2) is 5.66 Å². The molecule has 0 fully saturated rings. The quantitative estimate of drug-likeness (QED) is 0.352. The molecule has 0 unspecified atom stereocenters. The van der Waals surface area contributed by atoms with Gasteiger partial charge in [-0.15, -0.1) is 0 Å². The van der Waals surface area contributed by atoms with E-state index in [1.165, 1.54) is 13.1 Å². The number of Topliss-reactive ketones (excluding diaryl/α,β-unsaturated/α-hetero) is 2. The molecule has 5 nitrogen and oxygen atoms in total. The van der Waals surface area contributed by atoms with Gasteiger partial charge in [0.05, 0.1) is 5.70 Å². The fourth-order valence-corrected chi connectivity index (χ4v) is 1.21. The standard InChI is InChI=1S/C8H11N3O2/c1-3-4-5(11-2)7(13)8(9,10)6(4)12/h3,11H,1,9-10H2,2H3. The van der Waals surface area contributed by atoms with Crippen molar-refractivity contribution in [1.29, 1.82) is 0 Å². The predicted octanol–water partition coefficient (Wildman–Crippen LogP) is -1.59. The zero-order valence-corrected chi connectivity index (χ0v) is 7.26. The van der Waals surface area contributed by atoms with Crippen LogP contribution in [0.4, 0.5) is 0 Å². The van der Waals surface area contributed by atoms with Gasteiger partial charge in [-0.05, 0) is 0 Å². The van der Waals surface area contributed by atoms with Crippen molar-refractivity contribution in [2.75, 3.05) is 7.05 Å². The summed E-state index contributed by atoms with van der Waals surface area (Å²) in [5.74, 6) is -1.20. The van der Waals surface area contributed by atoms with Crippen LogP contribution in [0.3, 0.4) is 0 Å². The van der Waals surface area contributed by atoms with Gasteiger partial charge in [0.25, 0.3) is 0 Å². The molecular formula is C8H11N3O2. The summed E-state index contributed by atoms with van der Waals surface area (Å²) in [4.78, 5) is 22.8. The van der Waals surface area contributed by atoms with E-state index in [1.807, 2.05) is 0 Å². The van der Waals surface area contributed by atoms with Crippen LogP contribution < -0.4 is 16.8 Å². The van der Waals surface area contributed by atoms with Crippen LogP contribution in [0.1, 0.15) is 0 Å². The van der Waals surface area contributed by atoms with E-state index in [4.69, 9.17) is 11.5 Å². The number of allylic oxidation sites excluding steroid dienone is 1. The van der Waals surface area contributed by atoms with Crippen molar-refractivity contribution in [1.82, 2.24) is 5.32 Å². The Balaban J connectivity index is 3.30. The van der Waals surface area contributed by atoms with Gasteiger partial charge in [-0.2, -0.15) is 0 Å². The van der Waals surface area contributed by atoms with Gasteiger partial charge in [0.1, 0.15) is 0 Å². The molecule has 5 N–H and O–H groups in total. The van der Waals surface area contributed by atoms with Gasteiger partial charge in [-0.1, -0.05) is 12.7 Å². The highest BCUT2D eigenvalue weighted by Crippen LogP contribution is 2.21. The molecule has 0 saturated heterocycles. The molecule has 0 atom stereocenters. The maximum Gasteiger partial charge on any atom is 0.221 e. The number of nitrogens with one attached hydrogen (secondary N) is 1. The maximum atomic E-state index is 11.4. The molecule has 0 aliphatic heterocycles. The van der Waals surface area contributed by atoms with Gasteiger partial charge in [0.2, 0.25) is 11.6 Å². The van der Waals surface area contributed by atoms with Crippen LogP contribution in [0.2, 0.25) is 0 Å². The van der Waals surface area contributed by atoms with Crippen molar-refractivity contribution in [3.63, 3.8) is 0 Å². The highest BCUT2D eigenvalue weighted by Gasteiger charge is 2.47. The largest absolute Gasteiger partial charge is 0.385 e. The fourth-order valence-electron chi connectivity index (χ4n) is 1.21. The fraction of sp³-hybridized carbons (Fsp3) is 0.250. The van der Waals surface area contributed by atoms with Gasteiger partial charge < -0.3 is 16.8 Å². The Labute approximate surface area is 75.5 Å². The molecule has 1 rings (SSSR count). The lowest BCUT2D eigenvalue weighted by atomic mass is 10.1. The lowest BCUT2D eigenvalue weighted by Crippen LogP contribution is -2.60. The number of rotatable bonds is 2. The van der Waals surface area contributed by atoms with E-state index in [9.17, 15) is 9.59 Å². The smallest absolute Gasteiger partial charge is 0.221 e. The summed E-state index contributed by atoms with van der Waals surface area (Å²) in [6, 6.07) is 0. The number of likely N-dealkylation sites (N-methyl/N-ethyl adjacent to an activating group) is 1. The SMILES string of the molecule is C=CC1=C(NC)C(=O)C(N)(N)C1=O. The summed E-state index contributed by atoms with van der Waals surface area (Å²) < 4.78 is 0. The van der Waals surface area contributed by atoms with Crippen molar-refractivity contribution in [3.8, 4) is 0 Å². The molecule has 0 aromatic heterocycles. The van der Waals surface area contributed by atoms with Crippen molar-refractivity contribution in [2.45, 2.75) is 5.66 Å². The van der Waals surface area contributed by atoms with E-state index in [0.29, 0.717) is 0 Å². The van der Waals surface area contributed by atoms with Crippen molar-refractivity contribution in [2.24, 2.45) is 11.5 Å². The summed E-state index contributed by atoms with van der Waals surface area (Å²) in [5, 5.41) is 2.58. The zero-order valence-electron chi connectivity index (χ0n) is 7.26. The Kier molecular flexibility index (Phi) is 2.07. The summed E-state index contributed by atoms with van der Waals surface area (Å²) in [7, 11) is 1.52. The van der Waals surface area contributed by atoms with Gasteiger partial charge in [0, 0.05) is 12.6 Å². The molecule has 1 aliphatic rings. The molecule has 0 aromatic rings. The Hall–Kier alpha value is -1.46. The minimum Gasteiger partial charge on any atom is -0.385 e. The van der Waals surface area contributed by atoms with E-state index < -0.39 is 17.2 Å². The van der Waals surface area contributed by atoms with Gasteiger partial charge in [-0.3, -0.25) is 9.59 Å². The van der Waals surface area contributed by atoms with Crippen LogP contribution in [-0.4, -0.2) is 24.3 Å². The van der Waals surface area contributed by atoms with E-state index in [-0.39, 0.29) is 11.3 Å². The second-order valence-electron chi connectivity index (χ2n) is 2.77. The van der Waals surface area contributed by atoms with Crippen LogP contribution >= 0.6 is 0 Å². The molecule has 0 spiro atoms. The zero-order chi connectivity index (χ0) is 10.2. The molecule has 70 valence electrons. The number of carbonyl (C=O) groups is 2. The van der Waals surface area contributed by atoms with Gasteiger partial charge >= 0.3 is 0 Å². The first-order valence-corrected chi connectivity index (χ1v) is 3.68. The van der Waals surface area contributed by atoms with Gasteiger partial charge in [-0.25, -0.2) is 0 Å². The van der Waals surface area contributed by atoms with Crippen LogP contribution in [0.15, 0.2) is 23.9 Å². The Bertz CT molecular complexity index is 328. The highest BCUT2D eigenvalue weighted by atomic mass is 16.2. The van der Waals surface area contributed by atoms with Crippen molar-refractivity contribution >= 4 is 11.6 Å². The number of nitrogens with two attached hydrogens (primary N) is 2. The molecule has 0 bridgehead atoms. The second kappa shape index (κ2) is 2.79. The summed E-state index contributed by atoms with van der Waals surface area (Å²) >= 11 is 0. The van der Waals surface area contributed by atoms with E-state index >= 15 is 0 Å². The molecule has 0 aromatic carbocycles. The third-order valence-electron chi connectivity index (χ3n) is 1.95. The monoisotopic (exact) mass is 181 g/mol. The Morgan fingerprint density at radius 3 is 2.23 bits per heavy atom. The Morgan fingerprint density at radius 2 is 1.92 bits per heavy atom. The topological polar surface area (TPSA) is 98.2 Å². The molecule has 0 heterocycles. The Morgan fingerprint density at radius 1 is 1.38 bits per heavy atom. The van der Waals surface area contributed by atoms with E-state index in [2.05, 4.69) is 11.9 Å². The first-order chi connectivity index (χ1) is 5.96. The number of ketones is 2. The average molecular weight is 181 g/mol. The van der Waals surface area contributed by atoms with Crippen LogP contribution in [0.25, 0.3) is 0 Å². The van der Waals surface area contributed by atoms with Crippen molar-refractivity contribution < 1.29 is 9.59 Å². The molecule has 5 heteroatoms. The van der Waals surface area contributed by atoms with Crippen LogP contribution in [-0.2, 0) is 9.59 Å². The molecule has 13 heavy (non-hydrogen) atoms. The van der Waals surface area contributed by atoms with Crippen LogP contribution in [0.5, 0.6) is 0 Å². The number of hydrogen-bond acceptors (Lipinski definition) is 5. The first-order valence-electron chi connectivity index (χ1n) is 3.68. The summed E-state index contributed by atoms with van der Waals surface area (Å²) in [5.41, 5.74) is 9.04. The summed E-state index contributed by atoms with van der Waals surface area (Å²) in [6.07, 6.45) is 1.27. The predicted molar refractivity (Wildman–Crippen MR) is 47.4 cm³/mol. The highest BCUT2D eigenvalue weighted by molar-refractivity contribution is 6.31. The third kappa shape index (κ3) is 1.09. The van der Waals surface area contributed by atoms with Crippen LogP contribution in [0, 0.1) is 0 Å². The molecule has 0 saturated carbocycles. The average Bonchev–Trinajstić information content (AvgIpc) is 2.26. The minimum atomic E-state index is -1.93. The number of carbonyl (C=O) groups excluding carboxylic acids is 2. The lowest BCUT2D eigenvalue weighted by molar-refractivity contribution is -0.128. The molecule has 0 amide bonds. The lowest BCUT2D eigenvalue weighted by Gasteiger charge is -2.13.